The van der Waals surface area contributed by atoms with E-state index in [1.165, 1.54) is 0 Å². The highest BCUT2D eigenvalue weighted by molar-refractivity contribution is 5.79. The smallest absolute Gasteiger partial charge is 0.229 e. The Bertz CT molecular complexity index is 654. The largest absolute Gasteiger partial charge is 0.335 e. The molecular formula is C18H26N4O2. The molecule has 0 saturated carbocycles. The van der Waals surface area contributed by atoms with Gasteiger partial charge in [0, 0.05) is 38.8 Å². The Labute approximate surface area is 143 Å². The fourth-order valence-corrected chi connectivity index (χ4v) is 3.39. The predicted octanol–water partition coefficient (Wildman–Crippen LogP) is 1.77. The molecular weight excluding hydrogens is 304 g/mol. The van der Waals surface area contributed by atoms with Crippen LogP contribution in [0.5, 0.6) is 0 Å². The summed E-state index contributed by atoms with van der Waals surface area (Å²) >= 11 is 0. The van der Waals surface area contributed by atoms with E-state index >= 15 is 0 Å². The number of fused-ring (bicyclic) bond motifs is 1. The molecule has 0 radical (unpaired) electrons. The number of aromatic nitrogens is 2. The molecule has 3 heterocycles. The first-order valence-corrected chi connectivity index (χ1v) is 8.74. The van der Waals surface area contributed by atoms with Gasteiger partial charge in [-0.15, -0.1) is 0 Å². The van der Waals surface area contributed by atoms with Gasteiger partial charge in [-0.1, -0.05) is 26.0 Å². The Morgan fingerprint density at radius 2 is 1.92 bits per heavy atom. The summed E-state index contributed by atoms with van der Waals surface area (Å²) in [6.45, 7) is 8.98. The number of carbonyl (C=O) groups excluding carboxylic acids is 2. The van der Waals surface area contributed by atoms with Crippen molar-refractivity contribution in [2.24, 2.45) is 5.92 Å². The van der Waals surface area contributed by atoms with Gasteiger partial charge in [-0.3, -0.25) is 9.59 Å². The second-order valence-corrected chi connectivity index (χ2v) is 7.09. The van der Waals surface area contributed by atoms with E-state index in [1.54, 1.807) is 0 Å². The van der Waals surface area contributed by atoms with Crippen LogP contribution in [0.15, 0.2) is 18.3 Å². The van der Waals surface area contributed by atoms with E-state index in [0.717, 1.165) is 18.1 Å². The van der Waals surface area contributed by atoms with Crippen molar-refractivity contribution < 1.29 is 9.59 Å². The number of nitrogens with zero attached hydrogens (tertiary/aromatic N) is 4. The molecule has 6 heteroatoms. The van der Waals surface area contributed by atoms with Crippen LogP contribution in [0.2, 0.25) is 0 Å². The van der Waals surface area contributed by atoms with Crippen molar-refractivity contribution in [1.82, 2.24) is 19.4 Å². The average Bonchev–Trinajstić information content (AvgIpc) is 3.15. The van der Waals surface area contributed by atoms with Gasteiger partial charge in [-0.25, -0.2) is 4.98 Å². The third-order valence-electron chi connectivity index (χ3n) is 4.69. The standard InChI is InChI=1S/C18H26N4O2/c1-13(2)10-17(24)22-9-8-21-12-15(19-18(21)14(22)3)11-16(23)20-6-4-5-7-20/h4-5,12-14H,6-11H2,1-3H3. The van der Waals surface area contributed by atoms with Crippen molar-refractivity contribution >= 4 is 11.8 Å². The van der Waals surface area contributed by atoms with E-state index in [-0.39, 0.29) is 17.9 Å². The van der Waals surface area contributed by atoms with Crippen LogP contribution in [0, 0.1) is 5.92 Å². The lowest BCUT2D eigenvalue weighted by Gasteiger charge is -2.34. The molecule has 0 N–H and O–H groups in total. The zero-order chi connectivity index (χ0) is 17.3. The summed E-state index contributed by atoms with van der Waals surface area (Å²) in [5.74, 6) is 1.54. The fourth-order valence-electron chi connectivity index (χ4n) is 3.39. The molecule has 0 bridgehead atoms. The molecule has 1 aromatic rings. The zero-order valence-corrected chi connectivity index (χ0v) is 14.7. The summed E-state index contributed by atoms with van der Waals surface area (Å²) in [7, 11) is 0. The van der Waals surface area contributed by atoms with E-state index < -0.39 is 0 Å². The highest BCUT2D eigenvalue weighted by Gasteiger charge is 2.30. The normalized spacial score (nSPS) is 19.9. The quantitative estimate of drug-likeness (QED) is 0.791. The van der Waals surface area contributed by atoms with Crippen molar-refractivity contribution in [3.8, 4) is 0 Å². The molecule has 1 aromatic heterocycles. The third-order valence-corrected chi connectivity index (χ3v) is 4.69. The Hall–Kier alpha value is -2.11. The van der Waals surface area contributed by atoms with Crippen LogP contribution in [0.1, 0.15) is 44.8 Å². The summed E-state index contributed by atoms with van der Waals surface area (Å²) in [6.07, 6.45) is 6.89. The van der Waals surface area contributed by atoms with Gasteiger partial charge in [-0.2, -0.15) is 0 Å². The van der Waals surface area contributed by atoms with Crippen LogP contribution < -0.4 is 0 Å². The maximum atomic E-state index is 12.4. The first-order chi connectivity index (χ1) is 11.5. The average molecular weight is 330 g/mol. The zero-order valence-electron chi connectivity index (χ0n) is 14.7. The molecule has 1 unspecified atom stereocenters. The molecule has 0 saturated heterocycles. The van der Waals surface area contributed by atoms with Crippen LogP contribution in [0.25, 0.3) is 0 Å². The van der Waals surface area contributed by atoms with E-state index in [2.05, 4.69) is 23.4 Å². The van der Waals surface area contributed by atoms with Crippen molar-refractivity contribution in [2.75, 3.05) is 19.6 Å². The van der Waals surface area contributed by atoms with Gasteiger partial charge >= 0.3 is 0 Å². The summed E-state index contributed by atoms with van der Waals surface area (Å²) < 4.78 is 2.09. The maximum absolute atomic E-state index is 12.4. The van der Waals surface area contributed by atoms with E-state index in [9.17, 15) is 9.59 Å². The molecule has 130 valence electrons. The van der Waals surface area contributed by atoms with Crippen LogP contribution >= 0.6 is 0 Å². The summed E-state index contributed by atoms with van der Waals surface area (Å²) in [6, 6.07) is -0.0395. The molecule has 2 amide bonds. The Balaban J connectivity index is 1.69. The van der Waals surface area contributed by atoms with Gasteiger partial charge in [0.2, 0.25) is 11.8 Å². The minimum Gasteiger partial charge on any atom is -0.335 e. The second-order valence-electron chi connectivity index (χ2n) is 7.09. The SMILES string of the molecule is CC(C)CC(=O)N1CCn2cc(CC(=O)N3CC=CC3)nc2C1C. The van der Waals surface area contributed by atoms with Crippen molar-refractivity contribution in [3.63, 3.8) is 0 Å². The fraction of sp³-hybridized carbons (Fsp3) is 0.611. The summed E-state index contributed by atoms with van der Waals surface area (Å²) in [5.41, 5.74) is 0.798. The van der Waals surface area contributed by atoms with E-state index in [0.29, 0.717) is 38.4 Å². The van der Waals surface area contributed by atoms with Crippen LogP contribution in [-0.2, 0) is 22.6 Å². The van der Waals surface area contributed by atoms with Crippen molar-refractivity contribution in [3.05, 3.63) is 29.9 Å². The van der Waals surface area contributed by atoms with Crippen LogP contribution in [-0.4, -0.2) is 50.8 Å². The van der Waals surface area contributed by atoms with Gasteiger partial charge in [0.25, 0.3) is 0 Å². The lowest BCUT2D eigenvalue weighted by molar-refractivity contribution is -0.135. The maximum Gasteiger partial charge on any atom is 0.229 e. The van der Waals surface area contributed by atoms with Gasteiger partial charge in [0.1, 0.15) is 5.82 Å². The van der Waals surface area contributed by atoms with Gasteiger partial charge in [-0.05, 0) is 12.8 Å². The Morgan fingerprint density at radius 1 is 1.21 bits per heavy atom. The summed E-state index contributed by atoms with van der Waals surface area (Å²) in [5, 5.41) is 0. The summed E-state index contributed by atoms with van der Waals surface area (Å²) in [4.78, 5) is 33.1. The molecule has 24 heavy (non-hydrogen) atoms. The molecule has 0 aliphatic carbocycles. The van der Waals surface area contributed by atoms with E-state index in [4.69, 9.17) is 0 Å². The minimum absolute atomic E-state index is 0.0395. The molecule has 2 aliphatic heterocycles. The van der Waals surface area contributed by atoms with Crippen LogP contribution in [0.4, 0.5) is 0 Å². The first kappa shape index (κ1) is 16.7. The molecule has 0 aromatic carbocycles. The monoisotopic (exact) mass is 330 g/mol. The number of amides is 2. The Kier molecular flexibility index (Phi) is 4.73. The lowest BCUT2D eigenvalue weighted by Crippen LogP contribution is -2.41. The molecule has 6 nitrogen and oxygen atoms in total. The number of hydrogen-bond donors (Lipinski definition) is 0. The molecule has 3 rings (SSSR count). The lowest BCUT2D eigenvalue weighted by atomic mass is 10.1. The number of imidazole rings is 1. The third kappa shape index (κ3) is 3.37. The molecule has 2 aliphatic rings. The highest BCUT2D eigenvalue weighted by atomic mass is 16.2. The van der Waals surface area contributed by atoms with E-state index in [1.807, 2.05) is 35.1 Å². The van der Waals surface area contributed by atoms with Gasteiger partial charge < -0.3 is 14.4 Å². The van der Waals surface area contributed by atoms with Crippen molar-refractivity contribution in [1.29, 1.82) is 0 Å². The van der Waals surface area contributed by atoms with Crippen LogP contribution in [0.3, 0.4) is 0 Å². The number of carbonyl (C=O) groups is 2. The highest BCUT2D eigenvalue weighted by Crippen LogP contribution is 2.26. The van der Waals surface area contributed by atoms with Gasteiger partial charge in [0.15, 0.2) is 0 Å². The second kappa shape index (κ2) is 6.79. The first-order valence-electron chi connectivity index (χ1n) is 8.74. The Morgan fingerprint density at radius 3 is 2.58 bits per heavy atom. The molecule has 1 atom stereocenters. The number of hydrogen-bond acceptors (Lipinski definition) is 3. The minimum atomic E-state index is -0.0395. The molecule has 0 spiro atoms. The predicted molar refractivity (Wildman–Crippen MR) is 91.2 cm³/mol. The number of rotatable bonds is 4. The molecule has 0 fully saturated rings. The topological polar surface area (TPSA) is 58.4 Å². The van der Waals surface area contributed by atoms with Gasteiger partial charge in [0.05, 0.1) is 18.2 Å². The van der Waals surface area contributed by atoms with Crippen molar-refractivity contribution in [2.45, 2.75) is 46.2 Å².